The van der Waals surface area contributed by atoms with Crippen molar-refractivity contribution in [3.8, 4) is 0 Å². The number of anilines is 1. The van der Waals surface area contributed by atoms with Gasteiger partial charge in [0.25, 0.3) is 5.91 Å². The molecule has 0 atom stereocenters. The van der Waals surface area contributed by atoms with Crippen LogP contribution >= 0.6 is 0 Å². The molecular formula is C14H13N3O3. The Hall–Kier alpha value is -2.76. The normalized spacial score (nSPS) is 9.85. The van der Waals surface area contributed by atoms with Crippen LogP contribution in [0.4, 0.5) is 5.69 Å². The van der Waals surface area contributed by atoms with E-state index in [2.05, 4.69) is 15.3 Å². The van der Waals surface area contributed by atoms with Gasteiger partial charge in [-0.05, 0) is 37.3 Å². The Morgan fingerprint density at radius 3 is 2.55 bits per heavy atom. The number of ether oxygens (including phenoxy) is 1. The second-order valence-corrected chi connectivity index (χ2v) is 3.85. The number of hydrogen-bond acceptors (Lipinski definition) is 5. The van der Waals surface area contributed by atoms with Crippen LogP contribution in [0.3, 0.4) is 0 Å². The van der Waals surface area contributed by atoms with Crippen LogP contribution in [0.15, 0.2) is 42.9 Å². The summed E-state index contributed by atoms with van der Waals surface area (Å²) >= 11 is 0. The number of hydrogen-bond donors (Lipinski definition) is 1. The molecule has 2 rings (SSSR count). The van der Waals surface area contributed by atoms with E-state index in [1.807, 2.05) is 0 Å². The maximum Gasteiger partial charge on any atom is 0.338 e. The zero-order chi connectivity index (χ0) is 14.4. The van der Waals surface area contributed by atoms with E-state index < -0.39 is 0 Å². The lowest BCUT2D eigenvalue weighted by Gasteiger charge is -2.05. The summed E-state index contributed by atoms with van der Waals surface area (Å²) in [6.45, 7) is 2.07. The zero-order valence-electron chi connectivity index (χ0n) is 10.9. The van der Waals surface area contributed by atoms with Gasteiger partial charge in [-0.1, -0.05) is 0 Å². The monoisotopic (exact) mass is 271 g/mol. The van der Waals surface area contributed by atoms with E-state index in [0.717, 1.165) is 0 Å². The highest BCUT2D eigenvalue weighted by Gasteiger charge is 2.09. The van der Waals surface area contributed by atoms with Crippen LogP contribution in [0.1, 0.15) is 27.8 Å². The van der Waals surface area contributed by atoms with Gasteiger partial charge in [-0.15, -0.1) is 0 Å². The molecule has 0 unspecified atom stereocenters. The Morgan fingerprint density at radius 1 is 1.20 bits per heavy atom. The Kier molecular flexibility index (Phi) is 4.39. The number of rotatable bonds is 4. The summed E-state index contributed by atoms with van der Waals surface area (Å²) in [7, 11) is 0. The minimum Gasteiger partial charge on any atom is -0.462 e. The van der Waals surface area contributed by atoms with E-state index in [0.29, 0.717) is 17.9 Å². The molecule has 102 valence electrons. The van der Waals surface area contributed by atoms with Gasteiger partial charge in [0.1, 0.15) is 12.0 Å². The van der Waals surface area contributed by atoms with E-state index in [-0.39, 0.29) is 17.6 Å². The molecule has 1 aromatic heterocycles. The molecule has 6 heteroatoms. The summed E-state index contributed by atoms with van der Waals surface area (Å²) < 4.78 is 4.87. The van der Waals surface area contributed by atoms with Crippen molar-refractivity contribution in [1.29, 1.82) is 0 Å². The number of benzene rings is 1. The van der Waals surface area contributed by atoms with Crippen LogP contribution in [0, 0.1) is 0 Å². The number of aromatic nitrogens is 2. The molecule has 0 saturated carbocycles. The fourth-order valence-corrected chi connectivity index (χ4v) is 1.52. The molecule has 6 nitrogen and oxygen atoms in total. The van der Waals surface area contributed by atoms with E-state index >= 15 is 0 Å². The highest BCUT2D eigenvalue weighted by molar-refractivity contribution is 6.03. The topological polar surface area (TPSA) is 81.2 Å². The molecule has 0 aliphatic carbocycles. The Morgan fingerprint density at radius 2 is 1.95 bits per heavy atom. The van der Waals surface area contributed by atoms with E-state index in [4.69, 9.17) is 4.74 Å². The smallest absolute Gasteiger partial charge is 0.338 e. The summed E-state index contributed by atoms with van der Waals surface area (Å²) in [4.78, 5) is 30.9. The molecule has 0 saturated heterocycles. The minimum atomic E-state index is -0.388. The number of amides is 1. The molecule has 0 fully saturated rings. The fraction of sp³-hybridized carbons (Fsp3) is 0.143. The van der Waals surface area contributed by atoms with Crippen LogP contribution in [0.2, 0.25) is 0 Å². The summed E-state index contributed by atoms with van der Waals surface area (Å²) in [5, 5.41) is 2.68. The summed E-state index contributed by atoms with van der Waals surface area (Å²) in [5.74, 6) is -0.725. The molecule has 0 aliphatic heterocycles. The number of carbonyl (C=O) groups excluding carboxylic acids is 2. The number of carbonyl (C=O) groups is 2. The molecule has 1 amide bonds. The van der Waals surface area contributed by atoms with Gasteiger partial charge in [-0.3, -0.25) is 4.79 Å². The van der Waals surface area contributed by atoms with Gasteiger partial charge in [0.05, 0.1) is 12.2 Å². The van der Waals surface area contributed by atoms with E-state index in [9.17, 15) is 9.59 Å². The standard InChI is InChI=1S/C14H13N3O3/c1-2-20-14(19)10-3-5-11(6-4-10)17-13(18)12-7-8-15-9-16-12/h3-9H,2H2,1H3,(H,17,18). The third-order valence-electron chi connectivity index (χ3n) is 2.47. The molecule has 1 aromatic carbocycles. The maximum atomic E-state index is 11.8. The first-order valence-corrected chi connectivity index (χ1v) is 6.05. The Bertz CT molecular complexity index is 597. The van der Waals surface area contributed by atoms with Crippen molar-refractivity contribution >= 4 is 17.6 Å². The fourth-order valence-electron chi connectivity index (χ4n) is 1.52. The number of nitrogens with zero attached hydrogens (tertiary/aromatic N) is 2. The molecule has 0 aliphatic rings. The lowest BCUT2D eigenvalue weighted by molar-refractivity contribution is 0.0526. The van der Waals surface area contributed by atoms with Gasteiger partial charge in [-0.25, -0.2) is 14.8 Å². The van der Waals surface area contributed by atoms with Gasteiger partial charge in [0.15, 0.2) is 0 Å². The average Bonchev–Trinajstić information content (AvgIpc) is 2.49. The summed E-state index contributed by atoms with van der Waals surface area (Å²) in [6.07, 6.45) is 2.80. The first-order chi connectivity index (χ1) is 9.70. The van der Waals surface area contributed by atoms with Crippen molar-refractivity contribution in [3.05, 3.63) is 54.1 Å². The molecule has 0 bridgehead atoms. The third-order valence-corrected chi connectivity index (χ3v) is 2.47. The first kappa shape index (κ1) is 13.7. The minimum absolute atomic E-state index is 0.273. The van der Waals surface area contributed by atoms with Crippen LogP contribution in [0.5, 0.6) is 0 Å². The van der Waals surface area contributed by atoms with Gasteiger partial charge in [0.2, 0.25) is 0 Å². The Labute approximate surface area is 115 Å². The highest BCUT2D eigenvalue weighted by atomic mass is 16.5. The SMILES string of the molecule is CCOC(=O)c1ccc(NC(=O)c2ccncn2)cc1. The van der Waals surface area contributed by atoms with Crippen molar-refractivity contribution in [2.75, 3.05) is 11.9 Å². The van der Waals surface area contributed by atoms with Crippen molar-refractivity contribution < 1.29 is 14.3 Å². The van der Waals surface area contributed by atoms with Crippen molar-refractivity contribution in [1.82, 2.24) is 9.97 Å². The quantitative estimate of drug-likeness (QED) is 0.859. The molecule has 1 heterocycles. The lowest BCUT2D eigenvalue weighted by atomic mass is 10.2. The van der Waals surface area contributed by atoms with Crippen LogP contribution in [-0.4, -0.2) is 28.5 Å². The number of nitrogens with one attached hydrogen (secondary N) is 1. The van der Waals surface area contributed by atoms with Gasteiger partial charge in [-0.2, -0.15) is 0 Å². The zero-order valence-corrected chi connectivity index (χ0v) is 10.9. The highest BCUT2D eigenvalue weighted by Crippen LogP contribution is 2.11. The molecule has 2 aromatic rings. The average molecular weight is 271 g/mol. The lowest BCUT2D eigenvalue weighted by Crippen LogP contribution is -2.13. The molecule has 0 radical (unpaired) electrons. The predicted octanol–water partition coefficient (Wildman–Crippen LogP) is 1.91. The third kappa shape index (κ3) is 3.38. The predicted molar refractivity (Wildman–Crippen MR) is 72.4 cm³/mol. The molecule has 0 spiro atoms. The first-order valence-electron chi connectivity index (χ1n) is 6.05. The molecule has 20 heavy (non-hydrogen) atoms. The van der Waals surface area contributed by atoms with Crippen molar-refractivity contribution in [2.24, 2.45) is 0 Å². The maximum absolute atomic E-state index is 11.8. The second kappa shape index (κ2) is 6.42. The van der Waals surface area contributed by atoms with Crippen LogP contribution in [0.25, 0.3) is 0 Å². The Balaban J connectivity index is 2.04. The van der Waals surface area contributed by atoms with Gasteiger partial charge >= 0.3 is 5.97 Å². The van der Waals surface area contributed by atoms with E-state index in [1.54, 1.807) is 31.2 Å². The summed E-state index contributed by atoms with van der Waals surface area (Å²) in [5.41, 5.74) is 1.28. The largest absolute Gasteiger partial charge is 0.462 e. The van der Waals surface area contributed by atoms with Gasteiger partial charge in [0, 0.05) is 11.9 Å². The van der Waals surface area contributed by atoms with Gasteiger partial charge < -0.3 is 10.1 Å². The molecule has 1 N–H and O–H groups in total. The van der Waals surface area contributed by atoms with Crippen LogP contribution in [-0.2, 0) is 4.74 Å². The molecular weight excluding hydrogens is 258 g/mol. The van der Waals surface area contributed by atoms with Crippen molar-refractivity contribution in [3.63, 3.8) is 0 Å². The van der Waals surface area contributed by atoms with Crippen molar-refractivity contribution in [2.45, 2.75) is 6.92 Å². The van der Waals surface area contributed by atoms with E-state index in [1.165, 1.54) is 18.6 Å². The summed E-state index contributed by atoms with van der Waals surface area (Å²) in [6, 6.07) is 7.96. The second-order valence-electron chi connectivity index (χ2n) is 3.85. The number of esters is 1. The van der Waals surface area contributed by atoms with Crippen LogP contribution < -0.4 is 5.32 Å².